The molecule has 0 atom stereocenters. The summed E-state index contributed by atoms with van der Waals surface area (Å²) in [4.78, 5) is 19.4. The normalized spacial score (nSPS) is 15.0. The number of carbonyl (C=O) groups is 1. The number of likely N-dealkylation sites (tertiary alicyclic amines) is 1. The van der Waals surface area contributed by atoms with Crippen molar-refractivity contribution in [2.24, 2.45) is 0 Å². The minimum absolute atomic E-state index is 0.0965. The summed E-state index contributed by atoms with van der Waals surface area (Å²) < 4.78 is 13.4. The van der Waals surface area contributed by atoms with Crippen LogP contribution in [-0.2, 0) is 6.42 Å². The number of halogens is 1. The highest BCUT2D eigenvalue weighted by Crippen LogP contribution is 2.18. The second kappa shape index (κ2) is 10.3. The predicted octanol–water partition coefficient (Wildman–Crippen LogP) is 4.71. The fourth-order valence-electron chi connectivity index (χ4n) is 4.07. The van der Waals surface area contributed by atoms with E-state index >= 15 is 0 Å². The summed E-state index contributed by atoms with van der Waals surface area (Å²) in [5, 5.41) is 3.14. The van der Waals surface area contributed by atoms with E-state index in [0.717, 1.165) is 45.3 Å². The largest absolute Gasteiger partial charge is 0.349 e. The number of hydrogen-bond acceptors (Lipinski definition) is 3. The zero-order valence-corrected chi connectivity index (χ0v) is 17.6. The van der Waals surface area contributed by atoms with E-state index in [1.807, 2.05) is 0 Å². The first kappa shape index (κ1) is 21.2. The maximum atomic E-state index is 13.4. The summed E-state index contributed by atoms with van der Waals surface area (Å²) in [6, 6.07) is 20.6. The Morgan fingerprint density at radius 2 is 1.84 bits per heavy atom. The smallest absolute Gasteiger partial charge is 0.253 e. The number of aryl methyl sites for hydroxylation is 1. The summed E-state index contributed by atoms with van der Waals surface area (Å²) in [6.07, 6.45) is 5.76. The lowest BCUT2D eigenvalue weighted by atomic mass is 10.0. The lowest BCUT2D eigenvalue weighted by Gasteiger charge is -2.32. The van der Waals surface area contributed by atoms with Gasteiger partial charge in [0.25, 0.3) is 5.91 Å². The van der Waals surface area contributed by atoms with E-state index in [1.165, 1.54) is 17.7 Å². The van der Waals surface area contributed by atoms with Crippen LogP contribution in [0.5, 0.6) is 0 Å². The Morgan fingerprint density at radius 1 is 1.03 bits per heavy atom. The van der Waals surface area contributed by atoms with E-state index in [2.05, 4.69) is 45.5 Å². The van der Waals surface area contributed by atoms with Crippen molar-refractivity contribution >= 4 is 5.91 Å². The van der Waals surface area contributed by atoms with E-state index in [0.29, 0.717) is 16.8 Å². The molecule has 2 aromatic carbocycles. The number of pyridine rings is 1. The molecule has 160 valence electrons. The quantitative estimate of drug-likeness (QED) is 0.605. The number of carbonyl (C=O) groups excluding carboxylic acids is 1. The molecule has 1 aromatic heterocycles. The Balaban J connectivity index is 1.22. The molecule has 1 amide bonds. The van der Waals surface area contributed by atoms with Gasteiger partial charge >= 0.3 is 0 Å². The SMILES string of the molecule is O=C(NC1CCN(CCCc2ccccc2)CC1)c1ccc(-c2cccc(F)c2)nc1. The van der Waals surface area contributed by atoms with Crippen LogP contribution in [0.2, 0.25) is 0 Å². The van der Waals surface area contributed by atoms with Gasteiger partial charge in [-0.25, -0.2) is 4.39 Å². The lowest BCUT2D eigenvalue weighted by Crippen LogP contribution is -2.44. The number of piperidine rings is 1. The molecule has 3 aromatic rings. The molecule has 0 radical (unpaired) electrons. The van der Waals surface area contributed by atoms with Gasteiger partial charge in [0.05, 0.1) is 11.3 Å². The molecule has 0 spiro atoms. The predicted molar refractivity (Wildman–Crippen MR) is 121 cm³/mol. The highest BCUT2D eigenvalue weighted by atomic mass is 19.1. The topological polar surface area (TPSA) is 45.2 Å². The van der Waals surface area contributed by atoms with Gasteiger partial charge < -0.3 is 10.2 Å². The van der Waals surface area contributed by atoms with Crippen LogP contribution in [0.1, 0.15) is 35.2 Å². The fourth-order valence-corrected chi connectivity index (χ4v) is 4.07. The van der Waals surface area contributed by atoms with Crippen LogP contribution in [-0.4, -0.2) is 41.5 Å². The van der Waals surface area contributed by atoms with Crippen molar-refractivity contribution < 1.29 is 9.18 Å². The summed E-state index contributed by atoms with van der Waals surface area (Å²) in [7, 11) is 0. The third-order valence-corrected chi connectivity index (χ3v) is 5.85. The number of hydrogen-bond donors (Lipinski definition) is 1. The average Bonchev–Trinajstić information content (AvgIpc) is 2.81. The van der Waals surface area contributed by atoms with Gasteiger partial charge in [-0.05, 0) is 62.1 Å². The molecular formula is C26H28FN3O. The van der Waals surface area contributed by atoms with Gasteiger partial charge in [0, 0.05) is 30.9 Å². The van der Waals surface area contributed by atoms with Gasteiger partial charge in [0.2, 0.25) is 0 Å². The number of amides is 1. The average molecular weight is 418 g/mol. The molecule has 0 saturated carbocycles. The summed E-state index contributed by atoms with van der Waals surface area (Å²) in [6.45, 7) is 3.12. The van der Waals surface area contributed by atoms with Gasteiger partial charge in [0.1, 0.15) is 5.82 Å². The van der Waals surface area contributed by atoms with Crippen molar-refractivity contribution in [1.29, 1.82) is 0 Å². The van der Waals surface area contributed by atoms with Crippen LogP contribution < -0.4 is 5.32 Å². The molecule has 1 saturated heterocycles. The molecule has 4 nitrogen and oxygen atoms in total. The highest BCUT2D eigenvalue weighted by molar-refractivity contribution is 5.94. The zero-order valence-electron chi connectivity index (χ0n) is 17.6. The summed E-state index contributed by atoms with van der Waals surface area (Å²) in [5.74, 6) is -0.395. The third kappa shape index (κ3) is 5.98. The van der Waals surface area contributed by atoms with E-state index in [4.69, 9.17) is 0 Å². The fraction of sp³-hybridized carbons (Fsp3) is 0.308. The molecule has 1 fully saturated rings. The number of rotatable bonds is 7. The second-order valence-electron chi connectivity index (χ2n) is 8.12. The van der Waals surface area contributed by atoms with Gasteiger partial charge in [0.15, 0.2) is 0 Å². The van der Waals surface area contributed by atoms with Crippen molar-refractivity contribution in [2.75, 3.05) is 19.6 Å². The van der Waals surface area contributed by atoms with Gasteiger partial charge in [-0.15, -0.1) is 0 Å². The Hall–Kier alpha value is -3.05. The maximum Gasteiger partial charge on any atom is 0.253 e. The molecule has 1 aliphatic rings. The van der Waals surface area contributed by atoms with Crippen LogP contribution in [0.4, 0.5) is 4.39 Å². The first-order chi connectivity index (χ1) is 15.2. The highest BCUT2D eigenvalue weighted by Gasteiger charge is 2.21. The van der Waals surface area contributed by atoms with Crippen LogP contribution >= 0.6 is 0 Å². The van der Waals surface area contributed by atoms with Crippen LogP contribution in [0, 0.1) is 5.82 Å². The molecule has 0 unspecified atom stereocenters. The van der Waals surface area contributed by atoms with Crippen molar-refractivity contribution in [3.05, 3.63) is 89.9 Å². The molecular weight excluding hydrogens is 389 g/mol. The zero-order chi connectivity index (χ0) is 21.5. The molecule has 5 heteroatoms. The van der Waals surface area contributed by atoms with E-state index < -0.39 is 0 Å². The third-order valence-electron chi connectivity index (χ3n) is 5.85. The molecule has 0 bridgehead atoms. The molecule has 31 heavy (non-hydrogen) atoms. The molecule has 1 N–H and O–H groups in total. The first-order valence-corrected chi connectivity index (χ1v) is 11.0. The standard InChI is InChI=1S/C26H28FN3O/c27-23-10-4-9-21(18-23)25-12-11-22(19-28-25)26(31)29-24-13-16-30(17-14-24)15-5-8-20-6-2-1-3-7-20/h1-4,6-7,9-12,18-19,24H,5,8,13-17H2,(H,29,31). The van der Waals surface area contributed by atoms with Crippen LogP contribution in [0.3, 0.4) is 0 Å². The minimum Gasteiger partial charge on any atom is -0.349 e. The molecule has 4 rings (SSSR count). The number of nitrogens with zero attached hydrogens (tertiary/aromatic N) is 2. The Kier molecular flexibility index (Phi) is 7.05. The Bertz CT molecular complexity index is 983. The van der Waals surface area contributed by atoms with Crippen molar-refractivity contribution in [1.82, 2.24) is 15.2 Å². The Morgan fingerprint density at radius 3 is 2.55 bits per heavy atom. The molecule has 0 aliphatic carbocycles. The van der Waals surface area contributed by atoms with E-state index in [-0.39, 0.29) is 17.8 Å². The number of benzene rings is 2. The monoisotopic (exact) mass is 417 g/mol. The van der Waals surface area contributed by atoms with Crippen LogP contribution in [0.25, 0.3) is 11.3 Å². The first-order valence-electron chi connectivity index (χ1n) is 11.0. The van der Waals surface area contributed by atoms with Crippen molar-refractivity contribution in [3.8, 4) is 11.3 Å². The molecule has 1 aliphatic heterocycles. The van der Waals surface area contributed by atoms with E-state index in [9.17, 15) is 9.18 Å². The minimum atomic E-state index is -0.299. The number of nitrogens with one attached hydrogen (secondary N) is 1. The second-order valence-corrected chi connectivity index (χ2v) is 8.12. The summed E-state index contributed by atoms with van der Waals surface area (Å²) >= 11 is 0. The lowest BCUT2D eigenvalue weighted by molar-refractivity contribution is 0.0910. The van der Waals surface area contributed by atoms with Gasteiger partial charge in [-0.2, -0.15) is 0 Å². The summed E-state index contributed by atoms with van der Waals surface area (Å²) in [5.41, 5.74) is 3.28. The van der Waals surface area contributed by atoms with Crippen molar-refractivity contribution in [2.45, 2.75) is 31.7 Å². The molecule has 2 heterocycles. The van der Waals surface area contributed by atoms with Crippen molar-refractivity contribution in [3.63, 3.8) is 0 Å². The number of aromatic nitrogens is 1. The van der Waals surface area contributed by atoms with Gasteiger partial charge in [-0.1, -0.05) is 42.5 Å². The van der Waals surface area contributed by atoms with Gasteiger partial charge in [-0.3, -0.25) is 9.78 Å². The van der Waals surface area contributed by atoms with E-state index in [1.54, 1.807) is 30.5 Å². The van der Waals surface area contributed by atoms with Crippen LogP contribution in [0.15, 0.2) is 72.9 Å². The maximum absolute atomic E-state index is 13.4. The Labute approximate surface area is 183 Å².